The molecular weight excluding hydrogens is 304 g/mol. The number of aryl methyl sites for hydroxylation is 2. The predicted molar refractivity (Wildman–Crippen MR) is 94.2 cm³/mol. The van der Waals surface area contributed by atoms with Crippen LogP contribution in [0.3, 0.4) is 0 Å². The van der Waals surface area contributed by atoms with E-state index in [1.165, 1.54) is 0 Å². The van der Waals surface area contributed by atoms with Crippen LogP contribution in [0.15, 0.2) is 18.5 Å². The molecule has 2 aromatic heterocycles. The van der Waals surface area contributed by atoms with E-state index in [0.29, 0.717) is 18.9 Å². The zero-order valence-electron chi connectivity index (χ0n) is 14.8. The first kappa shape index (κ1) is 17.9. The lowest BCUT2D eigenvalue weighted by molar-refractivity contribution is -0.125. The van der Waals surface area contributed by atoms with Crippen molar-refractivity contribution >= 4 is 11.7 Å². The van der Waals surface area contributed by atoms with E-state index in [1.807, 2.05) is 44.5 Å². The molecule has 2 N–H and O–H groups in total. The van der Waals surface area contributed by atoms with Gasteiger partial charge in [0, 0.05) is 37.5 Å². The molecule has 0 spiro atoms. The van der Waals surface area contributed by atoms with Gasteiger partial charge < -0.3 is 10.6 Å². The summed E-state index contributed by atoms with van der Waals surface area (Å²) in [6.07, 6.45) is 5.35. The quantitative estimate of drug-likeness (QED) is 0.725. The summed E-state index contributed by atoms with van der Waals surface area (Å²) in [5.41, 5.74) is 0. The van der Waals surface area contributed by atoms with Crippen molar-refractivity contribution < 1.29 is 4.79 Å². The Morgan fingerprint density at radius 2 is 1.96 bits per heavy atom. The molecule has 2 heterocycles. The number of aromatic nitrogens is 4. The second-order valence-corrected chi connectivity index (χ2v) is 5.73. The van der Waals surface area contributed by atoms with Gasteiger partial charge in [0.1, 0.15) is 23.3 Å². The van der Waals surface area contributed by atoms with Crippen molar-refractivity contribution in [1.82, 2.24) is 24.8 Å². The molecule has 0 saturated carbocycles. The Morgan fingerprint density at radius 3 is 2.58 bits per heavy atom. The number of hydrogen-bond donors (Lipinski definition) is 2. The van der Waals surface area contributed by atoms with Crippen molar-refractivity contribution in [2.45, 2.75) is 40.5 Å². The normalized spacial score (nSPS) is 10.9. The summed E-state index contributed by atoms with van der Waals surface area (Å²) in [5, 5.41) is 6.20. The molecule has 24 heavy (non-hydrogen) atoms. The average molecular weight is 330 g/mol. The summed E-state index contributed by atoms with van der Waals surface area (Å²) >= 11 is 0. The van der Waals surface area contributed by atoms with Gasteiger partial charge >= 0.3 is 0 Å². The lowest BCUT2D eigenvalue weighted by atomic mass is 10.0. The van der Waals surface area contributed by atoms with E-state index < -0.39 is 0 Å². The zero-order valence-corrected chi connectivity index (χ0v) is 14.8. The lowest BCUT2D eigenvalue weighted by Gasteiger charge is -2.13. The number of hydrogen-bond acceptors (Lipinski definition) is 5. The average Bonchev–Trinajstić information content (AvgIpc) is 2.98. The van der Waals surface area contributed by atoms with Crippen molar-refractivity contribution in [3.8, 4) is 5.82 Å². The van der Waals surface area contributed by atoms with Gasteiger partial charge in [-0.2, -0.15) is 0 Å². The standard InChI is InChI=1S/C17H26N6O/c1-5-14(6-2)17(24)20-8-7-19-15-11-16(22-12(3)21-15)23-10-9-18-13(23)4/h9-11,14H,5-8H2,1-4H3,(H,20,24)(H,19,21,22). The van der Waals surface area contributed by atoms with Gasteiger partial charge in [-0.3, -0.25) is 9.36 Å². The molecule has 130 valence electrons. The Hall–Kier alpha value is -2.44. The summed E-state index contributed by atoms with van der Waals surface area (Å²) in [7, 11) is 0. The maximum atomic E-state index is 11.9. The lowest BCUT2D eigenvalue weighted by Crippen LogP contribution is -2.33. The fraction of sp³-hybridized carbons (Fsp3) is 0.529. The van der Waals surface area contributed by atoms with Crippen LogP contribution in [0.2, 0.25) is 0 Å². The van der Waals surface area contributed by atoms with E-state index in [4.69, 9.17) is 0 Å². The topological polar surface area (TPSA) is 84.7 Å². The van der Waals surface area contributed by atoms with Crippen LogP contribution in [0.5, 0.6) is 0 Å². The highest BCUT2D eigenvalue weighted by Crippen LogP contribution is 2.12. The first-order valence-corrected chi connectivity index (χ1v) is 8.42. The second kappa shape index (κ2) is 8.42. The maximum absolute atomic E-state index is 11.9. The van der Waals surface area contributed by atoms with Crippen molar-refractivity contribution in [3.63, 3.8) is 0 Å². The van der Waals surface area contributed by atoms with Gasteiger partial charge in [-0.1, -0.05) is 13.8 Å². The Morgan fingerprint density at radius 1 is 1.21 bits per heavy atom. The Balaban J connectivity index is 1.93. The molecule has 0 fully saturated rings. The molecule has 0 unspecified atom stereocenters. The SMILES string of the molecule is CCC(CC)C(=O)NCCNc1cc(-n2ccnc2C)nc(C)n1. The van der Waals surface area contributed by atoms with Crippen LogP contribution < -0.4 is 10.6 Å². The summed E-state index contributed by atoms with van der Waals surface area (Å²) in [6, 6.07) is 1.88. The number of nitrogens with zero attached hydrogens (tertiary/aromatic N) is 4. The minimum absolute atomic E-state index is 0.0992. The van der Waals surface area contributed by atoms with Gasteiger partial charge in [-0.15, -0.1) is 0 Å². The number of imidazole rings is 1. The van der Waals surface area contributed by atoms with E-state index >= 15 is 0 Å². The van der Waals surface area contributed by atoms with Gasteiger partial charge in [-0.05, 0) is 26.7 Å². The summed E-state index contributed by atoms with van der Waals surface area (Å²) < 4.78 is 1.91. The number of nitrogens with one attached hydrogen (secondary N) is 2. The van der Waals surface area contributed by atoms with Crippen molar-refractivity contribution in [2.75, 3.05) is 18.4 Å². The molecule has 2 rings (SSSR count). The molecule has 0 aliphatic carbocycles. The summed E-state index contributed by atoms with van der Waals surface area (Å²) in [4.78, 5) is 25.0. The van der Waals surface area contributed by atoms with Gasteiger partial charge in [0.15, 0.2) is 0 Å². The van der Waals surface area contributed by atoms with E-state index in [0.717, 1.165) is 30.3 Å². The maximum Gasteiger partial charge on any atom is 0.223 e. The number of rotatable bonds is 8. The molecule has 7 nitrogen and oxygen atoms in total. The minimum atomic E-state index is 0.0992. The molecule has 1 amide bonds. The van der Waals surface area contributed by atoms with Crippen LogP contribution in [0.4, 0.5) is 5.82 Å². The highest BCUT2D eigenvalue weighted by atomic mass is 16.1. The molecular formula is C17H26N6O. The van der Waals surface area contributed by atoms with Crippen molar-refractivity contribution in [2.24, 2.45) is 5.92 Å². The van der Waals surface area contributed by atoms with E-state index in [9.17, 15) is 4.79 Å². The van der Waals surface area contributed by atoms with Gasteiger partial charge in [-0.25, -0.2) is 15.0 Å². The molecule has 0 aromatic carbocycles. The summed E-state index contributed by atoms with van der Waals surface area (Å²) in [5.74, 6) is 3.29. The predicted octanol–water partition coefficient (Wildman–Crippen LogP) is 2.24. The van der Waals surface area contributed by atoms with Gasteiger partial charge in [0.25, 0.3) is 0 Å². The van der Waals surface area contributed by atoms with Crippen LogP contribution >= 0.6 is 0 Å². The number of carbonyl (C=O) groups excluding carboxylic acids is 1. The highest BCUT2D eigenvalue weighted by molar-refractivity contribution is 5.78. The third-order valence-electron chi connectivity index (χ3n) is 3.98. The molecule has 0 bridgehead atoms. The third kappa shape index (κ3) is 4.53. The van der Waals surface area contributed by atoms with Crippen LogP contribution in [0, 0.1) is 19.8 Å². The number of anilines is 1. The molecule has 0 radical (unpaired) electrons. The largest absolute Gasteiger partial charge is 0.368 e. The van der Waals surface area contributed by atoms with Crippen LogP contribution in [0.25, 0.3) is 5.82 Å². The van der Waals surface area contributed by atoms with Crippen molar-refractivity contribution in [1.29, 1.82) is 0 Å². The van der Waals surface area contributed by atoms with Crippen LogP contribution in [-0.2, 0) is 4.79 Å². The smallest absolute Gasteiger partial charge is 0.223 e. The van der Waals surface area contributed by atoms with Gasteiger partial charge in [0.2, 0.25) is 5.91 Å². The molecule has 7 heteroatoms. The van der Waals surface area contributed by atoms with E-state index in [-0.39, 0.29) is 11.8 Å². The molecule has 0 aliphatic rings. The Labute approximate surface area is 142 Å². The monoisotopic (exact) mass is 330 g/mol. The number of carbonyl (C=O) groups is 1. The fourth-order valence-corrected chi connectivity index (χ4v) is 2.57. The van der Waals surface area contributed by atoms with E-state index in [2.05, 4.69) is 25.6 Å². The molecule has 2 aromatic rings. The highest BCUT2D eigenvalue weighted by Gasteiger charge is 2.13. The minimum Gasteiger partial charge on any atom is -0.368 e. The first-order chi connectivity index (χ1) is 11.5. The molecule has 0 saturated heterocycles. The molecule has 0 aliphatic heterocycles. The van der Waals surface area contributed by atoms with Crippen molar-refractivity contribution in [3.05, 3.63) is 30.1 Å². The van der Waals surface area contributed by atoms with Crippen LogP contribution in [-0.4, -0.2) is 38.5 Å². The summed E-state index contributed by atoms with van der Waals surface area (Å²) in [6.45, 7) is 9.04. The third-order valence-corrected chi connectivity index (χ3v) is 3.98. The fourth-order valence-electron chi connectivity index (χ4n) is 2.57. The first-order valence-electron chi connectivity index (χ1n) is 8.42. The Bertz CT molecular complexity index is 677. The zero-order chi connectivity index (χ0) is 17.5. The second-order valence-electron chi connectivity index (χ2n) is 5.73. The van der Waals surface area contributed by atoms with Gasteiger partial charge in [0.05, 0.1) is 0 Å². The van der Waals surface area contributed by atoms with E-state index in [1.54, 1.807) is 6.20 Å². The molecule has 0 atom stereocenters. The number of amides is 1. The Kier molecular flexibility index (Phi) is 6.28. The van der Waals surface area contributed by atoms with Crippen LogP contribution in [0.1, 0.15) is 38.3 Å².